The molecule has 2 N–H and O–H groups in total. The Bertz CT molecular complexity index is 1510. The van der Waals surface area contributed by atoms with Crippen LogP contribution in [0.25, 0.3) is 22.2 Å². The highest BCUT2D eigenvalue weighted by Crippen LogP contribution is 2.35. The maximum absolute atomic E-state index is 13.4. The molecule has 2 aromatic heterocycles. The Balaban J connectivity index is 1.56. The number of nitrogens with zero attached hydrogens (tertiary/aromatic N) is 4. The fourth-order valence-electron chi connectivity index (χ4n) is 4.32. The lowest BCUT2D eigenvalue weighted by molar-refractivity contribution is 0.132. The molecule has 180 valence electrons. The molecule has 0 aliphatic carbocycles. The molecule has 1 amide bonds. The summed E-state index contributed by atoms with van der Waals surface area (Å²) in [6.45, 7) is 0.820. The number of nitrogens with one attached hydrogen (secondary N) is 1. The molecule has 0 radical (unpaired) electrons. The number of rotatable bonds is 5. The number of benzene rings is 2. The van der Waals surface area contributed by atoms with Crippen LogP contribution in [-0.4, -0.2) is 57.6 Å². The van der Waals surface area contributed by atoms with Crippen LogP contribution in [0.1, 0.15) is 12.8 Å². The third-order valence-corrected chi connectivity index (χ3v) is 7.97. The first-order chi connectivity index (χ1) is 16.8. The van der Waals surface area contributed by atoms with E-state index in [4.69, 9.17) is 11.6 Å². The molecule has 0 spiro atoms. The van der Waals surface area contributed by atoms with Gasteiger partial charge < -0.3 is 15.3 Å². The van der Waals surface area contributed by atoms with Crippen molar-refractivity contribution >= 4 is 44.6 Å². The number of hydrogen-bond acceptors (Lipinski definition) is 6. The van der Waals surface area contributed by atoms with Crippen molar-refractivity contribution in [3.8, 4) is 11.3 Å². The lowest BCUT2D eigenvalue weighted by Gasteiger charge is -2.31. The van der Waals surface area contributed by atoms with Crippen LogP contribution in [0.2, 0.25) is 5.02 Å². The first kappa shape index (κ1) is 23.1. The Morgan fingerprint density at radius 1 is 1.11 bits per heavy atom. The van der Waals surface area contributed by atoms with E-state index in [9.17, 15) is 18.3 Å². The zero-order valence-electron chi connectivity index (χ0n) is 18.5. The Kier molecular flexibility index (Phi) is 6.08. The van der Waals surface area contributed by atoms with Gasteiger partial charge in [-0.3, -0.25) is 0 Å². The van der Waals surface area contributed by atoms with E-state index in [2.05, 4.69) is 15.3 Å². The number of carbonyl (C=O) groups is 1. The molecule has 4 aromatic rings. The van der Waals surface area contributed by atoms with Gasteiger partial charge in [0.1, 0.15) is 0 Å². The van der Waals surface area contributed by atoms with Crippen molar-refractivity contribution in [3.63, 3.8) is 0 Å². The SMILES string of the molecule is O=C(O)N1CCCC(Nc2ncc(Cl)c(-c3cn(S(=O)(=O)c4ccccc4)c4ccccc34)n2)C1. The third kappa shape index (κ3) is 4.42. The van der Waals surface area contributed by atoms with Gasteiger partial charge in [0, 0.05) is 36.3 Å². The summed E-state index contributed by atoms with van der Waals surface area (Å²) in [6, 6.07) is 15.2. The van der Waals surface area contributed by atoms with Crippen molar-refractivity contribution in [1.82, 2.24) is 18.8 Å². The van der Waals surface area contributed by atoms with Gasteiger partial charge in [-0.25, -0.2) is 27.2 Å². The minimum atomic E-state index is -3.86. The first-order valence-corrected chi connectivity index (χ1v) is 12.8. The van der Waals surface area contributed by atoms with Crippen LogP contribution < -0.4 is 5.32 Å². The normalized spacial score (nSPS) is 16.4. The maximum Gasteiger partial charge on any atom is 0.407 e. The molecular weight excluding hydrogens is 490 g/mol. The summed E-state index contributed by atoms with van der Waals surface area (Å²) < 4.78 is 28.1. The number of carboxylic acid groups (broad SMARTS) is 1. The van der Waals surface area contributed by atoms with E-state index in [1.807, 2.05) is 12.1 Å². The first-order valence-electron chi connectivity index (χ1n) is 11.0. The van der Waals surface area contributed by atoms with E-state index in [0.29, 0.717) is 41.2 Å². The van der Waals surface area contributed by atoms with Gasteiger partial charge in [-0.15, -0.1) is 0 Å². The van der Waals surface area contributed by atoms with Crippen LogP contribution in [0.4, 0.5) is 10.7 Å². The monoisotopic (exact) mass is 511 g/mol. The Labute approximate surface area is 207 Å². The number of amides is 1. The number of likely N-dealkylation sites (tertiary alicyclic amines) is 1. The number of aromatic nitrogens is 3. The van der Waals surface area contributed by atoms with Crippen LogP contribution in [0.5, 0.6) is 0 Å². The molecule has 11 heteroatoms. The molecule has 9 nitrogen and oxygen atoms in total. The van der Waals surface area contributed by atoms with E-state index >= 15 is 0 Å². The van der Waals surface area contributed by atoms with Crippen LogP contribution >= 0.6 is 11.6 Å². The van der Waals surface area contributed by atoms with Gasteiger partial charge in [0.25, 0.3) is 10.0 Å². The lowest BCUT2D eigenvalue weighted by atomic mass is 10.1. The van der Waals surface area contributed by atoms with Gasteiger partial charge in [-0.1, -0.05) is 48.0 Å². The maximum atomic E-state index is 13.4. The van der Waals surface area contributed by atoms with E-state index in [1.54, 1.807) is 42.5 Å². The molecule has 1 fully saturated rings. The number of anilines is 1. The number of fused-ring (bicyclic) bond motifs is 1. The van der Waals surface area contributed by atoms with Crippen molar-refractivity contribution in [1.29, 1.82) is 0 Å². The zero-order chi connectivity index (χ0) is 24.6. The minimum Gasteiger partial charge on any atom is -0.465 e. The van der Waals surface area contributed by atoms with E-state index in [0.717, 1.165) is 12.8 Å². The molecule has 5 rings (SSSR count). The smallest absolute Gasteiger partial charge is 0.407 e. The molecule has 0 bridgehead atoms. The second kappa shape index (κ2) is 9.20. The number of hydrogen-bond donors (Lipinski definition) is 2. The molecule has 1 unspecified atom stereocenters. The van der Waals surface area contributed by atoms with Gasteiger partial charge >= 0.3 is 6.09 Å². The number of halogens is 1. The van der Waals surface area contributed by atoms with Crippen molar-refractivity contribution in [2.75, 3.05) is 18.4 Å². The average Bonchev–Trinajstić information content (AvgIpc) is 3.26. The standard InChI is InChI=1S/C24H22ClN5O4S/c25-20-13-26-23(27-16-7-6-12-29(14-16)24(31)32)28-22(20)19-15-30(21-11-5-4-10-18(19)21)35(33,34)17-8-2-1-3-9-17/h1-5,8-11,13,15-16H,6-7,12,14H2,(H,31,32)(H,26,27,28). The average molecular weight is 512 g/mol. The summed E-state index contributed by atoms with van der Waals surface area (Å²) in [4.78, 5) is 21.7. The van der Waals surface area contributed by atoms with Gasteiger partial charge in [0.2, 0.25) is 5.95 Å². The quantitative estimate of drug-likeness (QED) is 0.403. The summed E-state index contributed by atoms with van der Waals surface area (Å²) in [5.74, 6) is 0.296. The second-order valence-electron chi connectivity index (χ2n) is 8.28. The molecule has 1 atom stereocenters. The van der Waals surface area contributed by atoms with Crippen LogP contribution in [0, 0.1) is 0 Å². The zero-order valence-corrected chi connectivity index (χ0v) is 20.1. The molecule has 2 aromatic carbocycles. The molecular formula is C24H22ClN5O4S. The highest BCUT2D eigenvalue weighted by Gasteiger charge is 2.25. The number of piperidine rings is 1. The topological polar surface area (TPSA) is 117 Å². The predicted molar refractivity (Wildman–Crippen MR) is 133 cm³/mol. The highest BCUT2D eigenvalue weighted by atomic mass is 35.5. The molecule has 0 saturated carbocycles. The molecule has 3 heterocycles. The van der Waals surface area contributed by atoms with E-state index in [-0.39, 0.29) is 16.0 Å². The Hall–Kier alpha value is -3.63. The van der Waals surface area contributed by atoms with Crippen molar-refractivity contribution < 1.29 is 18.3 Å². The Morgan fingerprint density at radius 3 is 2.63 bits per heavy atom. The number of para-hydroxylation sites is 1. The van der Waals surface area contributed by atoms with E-state index in [1.165, 1.54) is 21.3 Å². The van der Waals surface area contributed by atoms with Gasteiger partial charge in [-0.05, 0) is 31.0 Å². The molecule has 1 aliphatic heterocycles. The summed E-state index contributed by atoms with van der Waals surface area (Å²) in [5, 5.41) is 13.4. The molecule has 1 aliphatic rings. The summed E-state index contributed by atoms with van der Waals surface area (Å²) in [7, 11) is -3.86. The fourth-order valence-corrected chi connectivity index (χ4v) is 5.90. The van der Waals surface area contributed by atoms with Crippen molar-refractivity contribution in [2.45, 2.75) is 23.8 Å². The van der Waals surface area contributed by atoms with Gasteiger partial charge in [0.15, 0.2) is 0 Å². The highest BCUT2D eigenvalue weighted by molar-refractivity contribution is 7.90. The van der Waals surface area contributed by atoms with E-state index < -0.39 is 16.1 Å². The van der Waals surface area contributed by atoms with Crippen LogP contribution in [0.15, 0.2) is 71.9 Å². The summed E-state index contributed by atoms with van der Waals surface area (Å²) in [5.41, 5.74) is 1.43. The third-order valence-electron chi connectivity index (χ3n) is 6.00. The van der Waals surface area contributed by atoms with Crippen LogP contribution in [-0.2, 0) is 10.0 Å². The summed E-state index contributed by atoms with van der Waals surface area (Å²) >= 11 is 6.48. The summed E-state index contributed by atoms with van der Waals surface area (Å²) in [6.07, 6.45) is 3.54. The molecule has 1 saturated heterocycles. The van der Waals surface area contributed by atoms with Crippen LogP contribution in [0.3, 0.4) is 0 Å². The van der Waals surface area contributed by atoms with Crippen molar-refractivity contribution in [2.24, 2.45) is 0 Å². The molecule has 35 heavy (non-hydrogen) atoms. The minimum absolute atomic E-state index is 0.145. The largest absolute Gasteiger partial charge is 0.465 e. The Morgan fingerprint density at radius 2 is 1.86 bits per heavy atom. The van der Waals surface area contributed by atoms with Crippen molar-refractivity contribution in [3.05, 3.63) is 72.0 Å². The van der Waals surface area contributed by atoms with Gasteiger partial charge in [0.05, 0.1) is 27.3 Å². The predicted octanol–water partition coefficient (Wildman–Crippen LogP) is 4.54. The second-order valence-corrected chi connectivity index (χ2v) is 10.5. The van der Waals surface area contributed by atoms with Gasteiger partial charge in [-0.2, -0.15) is 0 Å². The fraction of sp³-hybridized carbons (Fsp3) is 0.208. The lowest BCUT2D eigenvalue weighted by Crippen LogP contribution is -2.44.